The number of aromatic nitrogens is 2. The maximum atomic E-state index is 5.77. The summed E-state index contributed by atoms with van der Waals surface area (Å²) in [6, 6.07) is 3.67. The lowest BCUT2D eigenvalue weighted by Gasteiger charge is -2.09. The highest BCUT2D eigenvalue weighted by Gasteiger charge is 2.06. The maximum Gasteiger partial charge on any atom is 0.168 e. The maximum absolute atomic E-state index is 5.77. The summed E-state index contributed by atoms with van der Waals surface area (Å²) in [6.07, 6.45) is 2.98. The molecule has 2 heterocycles. The molecule has 16 heavy (non-hydrogen) atoms. The summed E-state index contributed by atoms with van der Waals surface area (Å²) in [6.45, 7) is 0.498. The second-order valence-corrected chi connectivity index (χ2v) is 3.06. The van der Waals surface area contributed by atoms with Crippen molar-refractivity contribution < 1.29 is 4.42 Å². The fourth-order valence-electron chi connectivity index (χ4n) is 1.24. The zero-order valence-electron chi connectivity index (χ0n) is 8.47. The second-order valence-electron chi connectivity index (χ2n) is 3.06. The van der Waals surface area contributed by atoms with Crippen molar-refractivity contribution in [2.75, 3.05) is 16.5 Å². The van der Waals surface area contributed by atoms with Gasteiger partial charge in [0.15, 0.2) is 11.6 Å². The lowest BCUT2D eigenvalue weighted by molar-refractivity contribution is 0.518. The van der Waals surface area contributed by atoms with Crippen LogP contribution in [0, 0.1) is 0 Å². The predicted octanol–water partition coefficient (Wildman–Crippen LogP) is 0.549. The number of nitrogens with zero attached hydrogens (tertiary/aromatic N) is 2. The number of nitrogen functional groups attached to an aromatic ring is 2. The van der Waals surface area contributed by atoms with Crippen molar-refractivity contribution in [3.63, 3.8) is 0 Å². The average molecular weight is 220 g/mol. The molecule has 0 bridgehead atoms. The van der Waals surface area contributed by atoms with Gasteiger partial charge in [0.05, 0.1) is 12.8 Å². The summed E-state index contributed by atoms with van der Waals surface area (Å²) >= 11 is 0. The van der Waals surface area contributed by atoms with Crippen molar-refractivity contribution in [1.29, 1.82) is 0 Å². The van der Waals surface area contributed by atoms with Crippen LogP contribution in [0.1, 0.15) is 5.76 Å². The van der Waals surface area contributed by atoms with Crippen molar-refractivity contribution >= 4 is 17.3 Å². The molecule has 0 aliphatic rings. The summed E-state index contributed by atoms with van der Waals surface area (Å²) in [7, 11) is 0. The Morgan fingerprint density at radius 2 is 2.12 bits per heavy atom. The van der Waals surface area contributed by atoms with Crippen LogP contribution in [0.15, 0.2) is 29.1 Å². The number of furan rings is 1. The van der Waals surface area contributed by atoms with E-state index in [4.69, 9.17) is 16.0 Å². The van der Waals surface area contributed by atoms with Crippen LogP contribution < -0.4 is 22.3 Å². The first-order valence-electron chi connectivity index (χ1n) is 4.64. The van der Waals surface area contributed by atoms with Crippen LogP contribution >= 0.6 is 0 Å². The van der Waals surface area contributed by atoms with Gasteiger partial charge in [-0.05, 0) is 12.1 Å². The number of anilines is 3. The van der Waals surface area contributed by atoms with Crippen molar-refractivity contribution in [2.45, 2.75) is 6.54 Å². The Kier molecular flexibility index (Phi) is 2.88. The van der Waals surface area contributed by atoms with Crippen LogP contribution in [0.5, 0.6) is 0 Å². The third kappa shape index (κ3) is 2.04. The van der Waals surface area contributed by atoms with Crippen molar-refractivity contribution in [2.24, 2.45) is 5.84 Å². The van der Waals surface area contributed by atoms with Gasteiger partial charge in [0.1, 0.15) is 17.8 Å². The number of nitrogens with one attached hydrogen (secondary N) is 2. The Labute approximate surface area is 91.8 Å². The minimum Gasteiger partial charge on any atom is -0.467 e. The number of hydrazine groups is 1. The van der Waals surface area contributed by atoms with E-state index in [1.807, 2.05) is 12.1 Å². The van der Waals surface area contributed by atoms with E-state index in [0.29, 0.717) is 23.9 Å². The van der Waals surface area contributed by atoms with Gasteiger partial charge in [-0.3, -0.25) is 0 Å². The first-order valence-corrected chi connectivity index (χ1v) is 4.64. The SMILES string of the molecule is NNc1ncnc(NCc2ccco2)c1N. The van der Waals surface area contributed by atoms with Gasteiger partial charge in [-0.2, -0.15) is 0 Å². The molecule has 0 aromatic carbocycles. The van der Waals surface area contributed by atoms with E-state index in [1.165, 1.54) is 6.33 Å². The minimum atomic E-state index is 0.372. The summed E-state index contributed by atoms with van der Waals surface area (Å²) in [5, 5.41) is 3.02. The third-order valence-corrected chi connectivity index (χ3v) is 2.03. The van der Waals surface area contributed by atoms with Crippen LogP contribution in [-0.2, 0) is 6.54 Å². The van der Waals surface area contributed by atoms with Gasteiger partial charge in [-0.15, -0.1) is 0 Å². The first-order chi connectivity index (χ1) is 7.81. The third-order valence-electron chi connectivity index (χ3n) is 2.03. The normalized spacial score (nSPS) is 10.1. The molecule has 6 N–H and O–H groups in total. The zero-order valence-corrected chi connectivity index (χ0v) is 8.47. The van der Waals surface area contributed by atoms with Gasteiger partial charge in [0, 0.05) is 0 Å². The van der Waals surface area contributed by atoms with Gasteiger partial charge < -0.3 is 20.9 Å². The summed E-state index contributed by atoms with van der Waals surface area (Å²) in [4.78, 5) is 7.87. The molecule has 0 amide bonds. The fraction of sp³-hybridized carbons (Fsp3) is 0.111. The highest BCUT2D eigenvalue weighted by Crippen LogP contribution is 2.21. The molecule has 0 radical (unpaired) electrons. The minimum absolute atomic E-state index is 0.372. The van der Waals surface area contributed by atoms with Gasteiger partial charge >= 0.3 is 0 Å². The predicted molar refractivity (Wildman–Crippen MR) is 60.3 cm³/mol. The van der Waals surface area contributed by atoms with Crippen LogP contribution in [0.4, 0.5) is 17.3 Å². The molecule has 7 nitrogen and oxygen atoms in total. The van der Waals surface area contributed by atoms with E-state index in [1.54, 1.807) is 6.26 Å². The summed E-state index contributed by atoms with van der Waals surface area (Å²) in [5.74, 6) is 6.93. The second kappa shape index (κ2) is 4.49. The van der Waals surface area contributed by atoms with Crippen molar-refractivity contribution in [3.8, 4) is 0 Å². The van der Waals surface area contributed by atoms with E-state index in [0.717, 1.165) is 5.76 Å². The van der Waals surface area contributed by atoms with Crippen LogP contribution in [0.3, 0.4) is 0 Å². The highest BCUT2D eigenvalue weighted by molar-refractivity contribution is 5.73. The molecule has 2 aromatic rings. The van der Waals surface area contributed by atoms with Crippen LogP contribution in [0.25, 0.3) is 0 Å². The summed E-state index contributed by atoms with van der Waals surface area (Å²) in [5.41, 5.74) is 8.53. The van der Waals surface area contributed by atoms with Crippen LogP contribution in [0.2, 0.25) is 0 Å². The molecule has 0 fully saturated rings. The Balaban J connectivity index is 2.09. The fourth-order valence-corrected chi connectivity index (χ4v) is 1.24. The molecule has 0 unspecified atom stereocenters. The Morgan fingerprint density at radius 1 is 1.31 bits per heavy atom. The van der Waals surface area contributed by atoms with Crippen LogP contribution in [-0.4, -0.2) is 9.97 Å². The molecule has 84 valence electrons. The molecule has 0 aliphatic carbocycles. The Hall–Kier alpha value is -2.28. The molecule has 0 spiro atoms. The Bertz CT molecular complexity index is 455. The average Bonchev–Trinajstić information content (AvgIpc) is 2.81. The quantitative estimate of drug-likeness (QED) is 0.439. The van der Waals surface area contributed by atoms with Gasteiger partial charge in [0.2, 0.25) is 0 Å². The zero-order chi connectivity index (χ0) is 11.4. The monoisotopic (exact) mass is 220 g/mol. The molecule has 2 aromatic heterocycles. The lowest BCUT2D eigenvalue weighted by Crippen LogP contribution is -2.13. The topological polar surface area (TPSA) is 115 Å². The van der Waals surface area contributed by atoms with E-state index in [2.05, 4.69) is 20.7 Å². The smallest absolute Gasteiger partial charge is 0.168 e. The molecular formula is C9H12N6O. The largest absolute Gasteiger partial charge is 0.467 e. The molecule has 0 atom stereocenters. The summed E-state index contributed by atoms with van der Waals surface area (Å²) < 4.78 is 5.16. The van der Waals surface area contributed by atoms with Crippen molar-refractivity contribution in [3.05, 3.63) is 30.5 Å². The van der Waals surface area contributed by atoms with E-state index >= 15 is 0 Å². The Morgan fingerprint density at radius 3 is 2.81 bits per heavy atom. The molecule has 0 aliphatic heterocycles. The lowest BCUT2D eigenvalue weighted by atomic mass is 10.4. The molecular weight excluding hydrogens is 208 g/mol. The highest BCUT2D eigenvalue weighted by atomic mass is 16.3. The first kappa shape index (κ1) is 10.2. The number of nitrogens with two attached hydrogens (primary N) is 2. The number of hydrogen-bond acceptors (Lipinski definition) is 7. The van der Waals surface area contributed by atoms with E-state index in [9.17, 15) is 0 Å². The molecule has 0 saturated heterocycles. The number of rotatable bonds is 4. The van der Waals surface area contributed by atoms with Gasteiger partial charge in [-0.1, -0.05) is 0 Å². The number of hydrogen-bond donors (Lipinski definition) is 4. The standard InChI is InChI=1S/C9H12N6O/c10-7-8(13-5-14-9(7)15-11)12-4-6-2-1-3-16-6/h1-3,5H,4,10-11H2,(H2,12,13,14,15). The molecule has 0 saturated carbocycles. The van der Waals surface area contributed by atoms with E-state index in [-0.39, 0.29) is 0 Å². The van der Waals surface area contributed by atoms with Gasteiger partial charge in [-0.25, -0.2) is 15.8 Å². The van der Waals surface area contributed by atoms with E-state index < -0.39 is 0 Å². The molecule has 2 rings (SSSR count). The van der Waals surface area contributed by atoms with Crippen molar-refractivity contribution in [1.82, 2.24) is 9.97 Å². The molecule has 7 heteroatoms. The van der Waals surface area contributed by atoms with Gasteiger partial charge in [0.25, 0.3) is 0 Å².